The van der Waals surface area contributed by atoms with E-state index in [2.05, 4.69) is 6.07 Å². The number of hydrogen-bond acceptors (Lipinski definition) is 3. The summed E-state index contributed by atoms with van der Waals surface area (Å²) in [5.74, 6) is 0.219. The zero-order valence-electron chi connectivity index (χ0n) is 9.33. The summed E-state index contributed by atoms with van der Waals surface area (Å²) in [7, 11) is -2.87. The summed E-state index contributed by atoms with van der Waals surface area (Å²) in [6, 6.07) is 2.41. The van der Waals surface area contributed by atoms with Crippen LogP contribution in [-0.4, -0.2) is 20.4 Å². The van der Waals surface area contributed by atoms with Gasteiger partial charge in [0.15, 0.2) is 0 Å². The summed E-state index contributed by atoms with van der Waals surface area (Å²) < 4.78 is 22.0. The van der Waals surface area contributed by atoms with Crippen molar-refractivity contribution < 1.29 is 8.42 Å². The molecule has 0 radical (unpaired) electrons. The molecule has 0 heterocycles. The Morgan fingerprint density at radius 3 is 2.33 bits per heavy atom. The van der Waals surface area contributed by atoms with Gasteiger partial charge in [0, 0.05) is 12.0 Å². The van der Waals surface area contributed by atoms with Crippen molar-refractivity contribution in [1.82, 2.24) is 0 Å². The van der Waals surface area contributed by atoms with Crippen molar-refractivity contribution in [3.05, 3.63) is 0 Å². The van der Waals surface area contributed by atoms with Crippen LogP contribution in [0.3, 0.4) is 0 Å². The lowest BCUT2D eigenvalue weighted by Crippen LogP contribution is -2.23. The largest absolute Gasteiger partial charge is 0.229 e. The summed E-state index contributed by atoms with van der Waals surface area (Å²) in [5.41, 5.74) is -0.219. The fraction of sp³-hybridized carbons (Fsp3) is 0.909. The molecule has 0 amide bonds. The highest BCUT2D eigenvalue weighted by atomic mass is 32.2. The Balaban J connectivity index is 2.44. The second-order valence-electron chi connectivity index (χ2n) is 4.69. The summed E-state index contributed by atoms with van der Waals surface area (Å²) in [5, 5.41) is 9.17. The molecule has 15 heavy (non-hydrogen) atoms. The van der Waals surface area contributed by atoms with E-state index in [1.54, 1.807) is 0 Å². The first-order valence-corrected chi connectivity index (χ1v) is 7.63. The number of sulfone groups is 1. The predicted octanol–water partition coefficient (Wildman–Crippen LogP) is 2.29. The second kappa shape index (κ2) is 4.98. The van der Waals surface area contributed by atoms with Crippen LogP contribution in [0.15, 0.2) is 0 Å². The van der Waals surface area contributed by atoms with E-state index in [1.165, 1.54) is 12.7 Å². The quantitative estimate of drug-likeness (QED) is 0.743. The molecule has 0 N–H and O–H groups in total. The Kier molecular flexibility index (Phi) is 4.15. The predicted molar refractivity (Wildman–Crippen MR) is 60.1 cm³/mol. The molecule has 1 aliphatic rings. The van der Waals surface area contributed by atoms with Gasteiger partial charge in [0.25, 0.3) is 0 Å². The average molecular weight is 229 g/mol. The van der Waals surface area contributed by atoms with Crippen LogP contribution in [0.4, 0.5) is 0 Å². The molecule has 0 aromatic rings. The van der Waals surface area contributed by atoms with E-state index in [1.807, 2.05) is 0 Å². The molecule has 0 aliphatic heterocycles. The van der Waals surface area contributed by atoms with Gasteiger partial charge in [-0.25, -0.2) is 8.42 Å². The van der Waals surface area contributed by atoms with E-state index < -0.39 is 9.84 Å². The summed E-state index contributed by atoms with van der Waals surface area (Å²) in [6.07, 6.45) is 7.99. The van der Waals surface area contributed by atoms with Crippen LogP contribution in [0.25, 0.3) is 0 Å². The van der Waals surface area contributed by atoms with Crippen LogP contribution in [0.2, 0.25) is 0 Å². The highest BCUT2D eigenvalue weighted by Crippen LogP contribution is 2.39. The molecule has 0 spiro atoms. The minimum absolute atomic E-state index is 0.219. The summed E-state index contributed by atoms with van der Waals surface area (Å²) in [4.78, 5) is 0. The van der Waals surface area contributed by atoms with Crippen molar-refractivity contribution >= 4 is 9.84 Å². The lowest BCUT2D eigenvalue weighted by molar-refractivity contribution is 0.247. The summed E-state index contributed by atoms with van der Waals surface area (Å²) >= 11 is 0. The van der Waals surface area contributed by atoms with Crippen LogP contribution in [0.1, 0.15) is 44.9 Å². The maximum Gasteiger partial charge on any atom is 0.147 e. The van der Waals surface area contributed by atoms with Gasteiger partial charge in [0.05, 0.1) is 11.5 Å². The molecular weight excluding hydrogens is 210 g/mol. The van der Waals surface area contributed by atoms with Crippen molar-refractivity contribution in [3.63, 3.8) is 0 Å². The Labute approximate surface area is 92.4 Å². The smallest absolute Gasteiger partial charge is 0.147 e. The third kappa shape index (κ3) is 4.21. The molecule has 0 saturated heterocycles. The Morgan fingerprint density at radius 2 is 1.87 bits per heavy atom. The molecule has 0 aromatic carbocycles. The Hall–Kier alpha value is -0.560. The lowest BCUT2D eigenvalue weighted by atomic mass is 9.72. The minimum atomic E-state index is -2.87. The fourth-order valence-electron chi connectivity index (χ4n) is 2.32. The monoisotopic (exact) mass is 229 g/mol. The lowest BCUT2D eigenvalue weighted by Gasteiger charge is -2.30. The number of nitrogens with zero attached hydrogens (tertiary/aromatic N) is 1. The van der Waals surface area contributed by atoms with Gasteiger partial charge in [0.2, 0.25) is 0 Å². The van der Waals surface area contributed by atoms with Gasteiger partial charge in [0.1, 0.15) is 9.84 Å². The molecule has 1 saturated carbocycles. The van der Waals surface area contributed by atoms with Crippen LogP contribution in [0.5, 0.6) is 0 Å². The zero-order chi connectivity index (χ0) is 11.4. The molecule has 3 nitrogen and oxygen atoms in total. The van der Waals surface area contributed by atoms with E-state index in [4.69, 9.17) is 0 Å². The third-order valence-electron chi connectivity index (χ3n) is 3.22. The van der Waals surface area contributed by atoms with Gasteiger partial charge in [-0.2, -0.15) is 5.26 Å². The highest BCUT2D eigenvalue weighted by molar-refractivity contribution is 7.90. The maximum absolute atomic E-state index is 11.0. The van der Waals surface area contributed by atoms with Crippen LogP contribution in [0, 0.1) is 16.7 Å². The first kappa shape index (κ1) is 12.5. The van der Waals surface area contributed by atoms with E-state index in [9.17, 15) is 13.7 Å². The number of nitriles is 1. The van der Waals surface area contributed by atoms with E-state index in [0.29, 0.717) is 6.42 Å². The Morgan fingerprint density at radius 1 is 1.27 bits per heavy atom. The Bertz CT molecular complexity index is 334. The van der Waals surface area contributed by atoms with Crippen LogP contribution < -0.4 is 0 Å². The first-order valence-electron chi connectivity index (χ1n) is 5.56. The number of hydrogen-bond donors (Lipinski definition) is 0. The first-order chi connectivity index (χ1) is 6.97. The van der Waals surface area contributed by atoms with Crippen molar-refractivity contribution in [1.29, 1.82) is 5.26 Å². The topological polar surface area (TPSA) is 57.9 Å². The minimum Gasteiger partial charge on any atom is -0.229 e. The number of rotatable bonds is 4. The van der Waals surface area contributed by atoms with Gasteiger partial charge in [-0.05, 0) is 25.7 Å². The van der Waals surface area contributed by atoms with Gasteiger partial charge >= 0.3 is 0 Å². The van der Waals surface area contributed by atoms with E-state index >= 15 is 0 Å². The molecule has 86 valence electrons. The normalized spacial score (nSPS) is 20.8. The van der Waals surface area contributed by atoms with E-state index in [-0.39, 0.29) is 11.2 Å². The van der Waals surface area contributed by atoms with Gasteiger partial charge < -0.3 is 0 Å². The van der Waals surface area contributed by atoms with Crippen molar-refractivity contribution in [2.75, 3.05) is 12.0 Å². The van der Waals surface area contributed by atoms with Crippen molar-refractivity contribution in [2.24, 2.45) is 5.41 Å². The molecule has 1 fully saturated rings. The van der Waals surface area contributed by atoms with Gasteiger partial charge in [-0.3, -0.25) is 0 Å². The van der Waals surface area contributed by atoms with Crippen molar-refractivity contribution in [2.45, 2.75) is 44.9 Å². The molecule has 1 rings (SSSR count). The molecule has 0 aromatic heterocycles. The second-order valence-corrected chi connectivity index (χ2v) is 6.95. The highest BCUT2D eigenvalue weighted by Gasteiger charge is 2.31. The van der Waals surface area contributed by atoms with Gasteiger partial charge in [-0.1, -0.05) is 19.3 Å². The van der Waals surface area contributed by atoms with Crippen LogP contribution >= 0.6 is 0 Å². The maximum atomic E-state index is 11.0. The van der Waals surface area contributed by atoms with Crippen LogP contribution in [-0.2, 0) is 9.84 Å². The average Bonchev–Trinajstić information content (AvgIpc) is 2.17. The zero-order valence-corrected chi connectivity index (χ0v) is 10.1. The third-order valence-corrected chi connectivity index (χ3v) is 4.25. The standard InChI is InChI=1S/C11H19NO2S/c1-15(13,14)9-5-8-11(10-12)6-3-2-4-7-11/h2-9H2,1H3. The van der Waals surface area contributed by atoms with Gasteiger partial charge in [-0.15, -0.1) is 0 Å². The molecule has 0 atom stereocenters. The molecule has 0 bridgehead atoms. The molecular formula is C11H19NO2S. The molecule has 0 unspecified atom stereocenters. The fourth-order valence-corrected chi connectivity index (χ4v) is 2.99. The summed E-state index contributed by atoms with van der Waals surface area (Å²) in [6.45, 7) is 0. The molecule has 4 heteroatoms. The van der Waals surface area contributed by atoms with Crippen molar-refractivity contribution in [3.8, 4) is 6.07 Å². The van der Waals surface area contributed by atoms with E-state index in [0.717, 1.165) is 32.1 Å². The SMILES string of the molecule is CS(=O)(=O)CCCC1(C#N)CCCCC1. The molecule has 1 aliphatic carbocycles.